The molecule has 9 heteroatoms. The van der Waals surface area contributed by atoms with Gasteiger partial charge >= 0.3 is 0 Å². The van der Waals surface area contributed by atoms with Crippen LogP contribution in [0.2, 0.25) is 0 Å². The number of nitrogens with two attached hydrogens (primary N) is 1. The first-order valence-electron chi connectivity index (χ1n) is 7.71. The Morgan fingerprint density at radius 3 is 2.80 bits per heavy atom. The number of benzene rings is 1. The van der Waals surface area contributed by atoms with Crippen molar-refractivity contribution >= 4 is 44.2 Å². The third kappa shape index (κ3) is 3.61. The van der Waals surface area contributed by atoms with Gasteiger partial charge in [0.1, 0.15) is 0 Å². The van der Waals surface area contributed by atoms with Crippen LogP contribution < -0.4 is 16.0 Å². The zero-order valence-corrected chi connectivity index (χ0v) is 14.7. The van der Waals surface area contributed by atoms with Crippen molar-refractivity contribution in [3.05, 3.63) is 36.2 Å². The highest BCUT2D eigenvalue weighted by Gasteiger charge is 2.18. The van der Waals surface area contributed by atoms with Crippen LogP contribution in [0.4, 0.5) is 10.8 Å². The molecule has 0 aliphatic heterocycles. The van der Waals surface area contributed by atoms with Gasteiger partial charge < -0.3 is 16.0 Å². The molecule has 0 spiro atoms. The maximum absolute atomic E-state index is 12.3. The van der Waals surface area contributed by atoms with Crippen molar-refractivity contribution < 1.29 is 9.59 Å². The molecule has 0 fully saturated rings. The van der Waals surface area contributed by atoms with Gasteiger partial charge in [-0.1, -0.05) is 23.5 Å². The largest absolute Gasteiger partial charge is 0.364 e. The zero-order valence-electron chi connectivity index (χ0n) is 13.9. The zero-order chi connectivity index (χ0) is 18.0. The molecule has 0 saturated heterocycles. The van der Waals surface area contributed by atoms with E-state index in [9.17, 15) is 9.59 Å². The lowest BCUT2D eigenvalue weighted by Crippen LogP contribution is -2.30. The second-order valence-corrected chi connectivity index (χ2v) is 6.49. The summed E-state index contributed by atoms with van der Waals surface area (Å²) in [4.78, 5) is 30.0. The summed E-state index contributed by atoms with van der Waals surface area (Å²) in [5.41, 5.74) is 6.58. The van der Waals surface area contributed by atoms with Crippen LogP contribution in [0.25, 0.3) is 10.2 Å². The van der Waals surface area contributed by atoms with Gasteiger partial charge in [0.25, 0.3) is 5.91 Å². The normalized spacial score (nSPS) is 10.8. The molecule has 0 atom stereocenters. The van der Waals surface area contributed by atoms with Crippen LogP contribution in [-0.4, -0.2) is 40.2 Å². The van der Waals surface area contributed by atoms with Crippen molar-refractivity contribution in [3.8, 4) is 0 Å². The summed E-state index contributed by atoms with van der Waals surface area (Å²) in [5.74, 6) is -0.957. The molecule has 25 heavy (non-hydrogen) atoms. The van der Waals surface area contributed by atoms with E-state index >= 15 is 0 Å². The Morgan fingerprint density at radius 1 is 1.36 bits per heavy atom. The van der Waals surface area contributed by atoms with Gasteiger partial charge in [0.2, 0.25) is 5.91 Å². The number of aromatic nitrogens is 3. The highest BCUT2D eigenvalue weighted by atomic mass is 32.1. The van der Waals surface area contributed by atoms with Crippen molar-refractivity contribution in [2.24, 2.45) is 5.73 Å². The molecule has 0 radical (unpaired) electrons. The van der Waals surface area contributed by atoms with Crippen molar-refractivity contribution in [1.82, 2.24) is 14.8 Å². The molecule has 0 aliphatic carbocycles. The summed E-state index contributed by atoms with van der Waals surface area (Å²) in [6.07, 6.45) is 1.59. The first kappa shape index (κ1) is 16.9. The minimum Gasteiger partial charge on any atom is -0.364 e. The van der Waals surface area contributed by atoms with Crippen molar-refractivity contribution in [2.45, 2.75) is 13.5 Å². The molecule has 8 nitrogen and oxygen atoms in total. The predicted octanol–water partition coefficient (Wildman–Crippen LogP) is 1.69. The fourth-order valence-corrected chi connectivity index (χ4v) is 3.28. The molecular weight excluding hydrogens is 340 g/mol. The molecule has 3 N–H and O–H groups in total. The average molecular weight is 358 g/mol. The Kier molecular flexibility index (Phi) is 4.66. The van der Waals surface area contributed by atoms with Gasteiger partial charge in [-0.05, 0) is 19.1 Å². The minimum atomic E-state index is -0.679. The molecular formula is C16H18N6O2S. The van der Waals surface area contributed by atoms with E-state index in [1.807, 2.05) is 31.2 Å². The Morgan fingerprint density at radius 2 is 2.12 bits per heavy atom. The SMILES string of the molecule is CCn1cc(NC(=O)CN(C)c2nc3ccccc3s2)c(C(N)=O)n1. The lowest BCUT2D eigenvalue weighted by atomic mass is 10.3. The quantitative estimate of drug-likeness (QED) is 0.697. The number of nitrogens with zero attached hydrogens (tertiary/aromatic N) is 4. The molecule has 0 saturated carbocycles. The Balaban J connectivity index is 1.71. The van der Waals surface area contributed by atoms with Crippen LogP contribution in [0.15, 0.2) is 30.5 Å². The number of carbonyl (C=O) groups is 2. The first-order valence-corrected chi connectivity index (χ1v) is 8.53. The predicted molar refractivity (Wildman–Crippen MR) is 97.9 cm³/mol. The van der Waals surface area contributed by atoms with E-state index in [1.165, 1.54) is 11.3 Å². The summed E-state index contributed by atoms with van der Waals surface area (Å²) in [5, 5.41) is 7.49. The van der Waals surface area contributed by atoms with Crippen LogP contribution in [0.5, 0.6) is 0 Å². The van der Waals surface area contributed by atoms with E-state index in [1.54, 1.807) is 22.8 Å². The number of primary amides is 1. The highest BCUT2D eigenvalue weighted by molar-refractivity contribution is 7.22. The number of anilines is 2. The van der Waals surface area contributed by atoms with Gasteiger partial charge in [0.15, 0.2) is 10.8 Å². The summed E-state index contributed by atoms with van der Waals surface area (Å²) in [6.45, 7) is 2.54. The summed E-state index contributed by atoms with van der Waals surface area (Å²) in [6, 6.07) is 7.80. The maximum Gasteiger partial charge on any atom is 0.271 e. The van der Waals surface area contributed by atoms with Crippen LogP contribution in [-0.2, 0) is 11.3 Å². The number of aryl methyl sites for hydroxylation is 1. The fraction of sp³-hybridized carbons (Fsp3) is 0.250. The summed E-state index contributed by atoms with van der Waals surface area (Å²) >= 11 is 1.51. The third-order valence-electron chi connectivity index (χ3n) is 3.58. The van der Waals surface area contributed by atoms with E-state index in [0.717, 1.165) is 15.3 Å². The lowest BCUT2D eigenvalue weighted by molar-refractivity contribution is -0.114. The number of nitrogens with one attached hydrogen (secondary N) is 1. The van der Waals surface area contributed by atoms with E-state index in [-0.39, 0.29) is 18.1 Å². The molecule has 2 heterocycles. The van der Waals surface area contributed by atoms with Crippen LogP contribution in [0.3, 0.4) is 0 Å². The van der Waals surface area contributed by atoms with Gasteiger partial charge in [-0.25, -0.2) is 4.98 Å². The van der Waals surface area contributed by atoms with Gasteiger partial charge in [-0.15, -0.1) is 0 Å². The van der Waals surface area contributed by atoms with E-state index in [2.05, 4.69) is 15.4 Å². The van der Waals surface area contributed by atoms with Gasteiger partial charge in [-0.3, -0.25) is 14.3 Å². The topological polar surface area (TPSA) is 106 Å². The number of rotatable bonds is 6. The molecule has 3 rings (SSSR count). The molecule has 2 aromatic heterocycles. The Hall–Kier alpha value is -2.94. The molecule has 2 amide bonds. The number of fused-ring (bicyclic) bond motifs is 1. The van der Waals surface area contributed by atoms with Crippen molar-refractivity contribution in [1.29, 1.82) is 0 Å². The maximum atomic E-state index is 12.3. The molecule has 0 unspecified atom stereocenters. The number of para-hydroxylation sites is 1. The summed E-state index contributed by atoms with van der Waals surface area (Å²) in [7, 11) is 1.79. The smallest absolute Gasteiger partial charge is 0.271 e. The standard InChI is InChI=1S/C16H18N6O2S/c1-3-22-8-11(14(20-22)15(17)24)18-13(23)9-21(2)16-19-10-6-4-5-7-12(10)25-16/h4-8H,3,9H2,1-2H3,(H2,17,24)(H,18,23). The Bertz CT molecular complexity index is 899. The van der Waals surface area contributed by atoms with Crippen LogP contribution in [0, 0.1) is 0 Å². The van der Waals surface area contributed by atoms with Gasteiger partial charge in [0.05, 0.1) is 22.4 Å². The Labute approximate surface area is 148 Å². The van der Waals surface area contributed by atoms with Crippen molar-refractivity contribution in [2.75, 3.05) is 23.8 Å². The second kappa shape index (κ2) is 6.89. The van der Waals surface area contributed by atoms with Crippen molar-refractivity contribution in [3.63, 3.8) is 0 Å². The van der Waals surface area contributed by atoms with Crippen LogP contribution >= 0.6 is 11.3 Å². The molecule has 130 valence electrons. The first-order chi connectivity index (χ1) is 12.0. The van der Waals surface area contributed by atoms with E-state index < -0.39 is 5.91 Å². The number of amides is 2. The monoisotopic (exact) mass is 358 g/mol. The lowest BCUT2D eigenvalue weighted by Gasteiger charge is -2.14. The van der Waals surface area contributed by atoms with E-state index in [4.69, 9.17) is 5.73 Å². The highest BCUT2D eigenvalue weighted by Crippen LogP contribution is 2.27. The third-order valence-corrected chi connectivity index (χ3v) is 4.73. The van der Waals surface area contributed by atoms with Crippen LogP contribution in [0.1, 0.15) is 17.4 Å². The number of hydrogen-bond donors (Lipinski definition) is 2. The minimum absolute atomic E-state index is 0.0536. The number of thiazole rings is 1. The van der Waals surface area contributed by atoms with Gasteiger partial charge in [-0.2, -0.15) is 5.10 Å². The fourth-order valence-electron chi connectivity index (χ4n) is 2.35. The van der Waals surface area contributed by atoms with E-state index in [0.29, 0.717) is 12.2 Å². The second-order valence-electron chi connectivity index (χ2n) is 5.48. The molecule has 0 bridgehead atoms. The molecule has 1 aromatic carbocycles. The number of likely N-dealkylation sites (N-methyl/N-ethyl adjacent to an activating group) is 1. The van der Waals surface area contributed by atoms with Gasteiger partial charge in [0, 0.05) is 19.8 Å². The molecule has 3 aromatic rings. The average Bonchev–Trinajstić information content (AvgIpc) is 3.18. The summed E-state index contributed by atoms with van der Waals surface area (Å²) < 4.78 is 2.61. The number of carbonyl (C=O) groups excluding carboxylic acids is 2. The molecule has 0 aliphatic rings. The number of hydrogen-bond acceptors (Lipinski definition) is 6.